The molecule has 0 spiro atoms. The van der Waals surface area contributed by atoms with Gasteiger partial charge in [0.25, 0.3) is 0 Å². The number of hydrogen-bond donors (Lipinski definition) is 1. The van der Waals surface area contributed by atoms with Gasteiger partial charge in [-0.25, -0.2) is 10.2 Å². The molecule has 4 rings (SSSR count). The van der Waals surface area contributed by atoms with Gasteiger partial charge < -0.3 is 9.47 Å². The zero-order valence-electron chi connectivity index (χ0n) is 19.0. The molecule has 1 aromatic carbocycles. The number of rotatable bonds is 7. The minimum absolute atomic E-state index is 0.665. The van der Waals surface area contributed by atoms with Crippen molar-refractivity contribution < 1.29 is 14.6 Å². The second-order valence-corrected chi connectivity index (χ2v) is 10.4. The van der Waals surface area contributed by atoms with E-state index < -0.39 is 0 Å². The number of aromatic nitrogens is 2. The van der Waals surface area contributed by atoms with Gasteiger partial charge in [0, 0.05) is 58.3 Å². The van der Waals surface area contributed by atoms with Crippen molar-refractivity contribution in [3.05, 3.63) is 51.3 Å². The van der Waals surface area contributed by atoms with Crippen molar-refractivity contribution in [2.24, 2.45) is 5.92 Å². The number of piperidine rings is 1. The maximum absolute atomic E-state index is 8.25. The Labute approximate surface area is 202 Å². The Morgan fingerprint density at radius 1 is 1.09 bits per heavy atom. The SMILES string of the molecule is Cc1cc(N2CCC(CCSOOO)CC2)c2c(C)cn(-c3c(C)cc(Br)cc3C)c2n1. The Bertz CT molecular complexity index is 1090. The van der Waals surface area contributed by atoms with Gasteiger partial charge in [-0.3, -0.25) is 0 Å². The Kier molecular flexibility index (Phi) is 7.47. The molecule has 3 aromatic rings. The van der Waals surface area contributed by atoms with Crippen LogP contribution in [0.2, 0.25) is 0 Å². The smallest absolute Gasteiger partial charge is 0.147 e. The highest BCUT2D eigenvalue weighted by Crippen LogP contribution is 2.36. The standard InChI is InChI=1S/C24H30BrN3O3S/c1-15-11-20(25)12-16(2)23(15)28-14-17(3)22-21(13-18(4)26-24(22)28)27-8-5-19(6-9-27)7-10-32-31-30-29/h11-14,19,29H,5-10H2,1-4H3. The highest BCUT2D eigenvalue weighted by Gasteiger charge is 2.24. The molecule has 0 bridgehead atoms. The number of halogens is 1. The first-order chi connectivity index (χ1) is 15.4. The Morgan fingerprint density at radius 2 is 1.78 bits per heavy atom. The molecule has 1 N–H and O–H groups in total. The van der Waals surface area contributed by atoms with Crippen LogP contribution in [-0.4, -0.2) is 33.7 Å². The quantitative estimate of drug-likeness (QED) is 0.162. The Morgan fingerprint density at radius 3 is 2.44 bits per heavy atom. The zero-order valence-corrected chi connectivity index (χ0v) is 21.4. The summed E-state index contributed by atoms with van der Waals surface area (Å²) in [6.45, 7) is 10.7. The number of pyridine rings is 1. The van der Waals surface area contributed by atoms with Gasteiger partial charge in [-0.2, -0.15) is 0 Å². The van der Waals surface area contributed by atoms with E-state index in [1.165, 1.54) is 33.5 Å². The van der Waals surface area contributed by atoms with Crippen LogP contribution >= 0.6 is 28.0 Å². The molecular weight excluding hydrogens is 490 g/mol. The van der Waals surface area contributed by atoms with Crippen molar-refractivity contribution in [3.8, 4) is 5.69 Å². The monoisotopic (exact) mass is 519 g/mol. The van der Waals surface area contributed by atoms with Crippen LogP contribution in [0.25, 0.3) is 16.7 Å². The molecule has 0 atom stereocenters. The molecular formula is C24H30BrN3O3S. The van der Waals surface area contributed by atoms with E-state index in [9.17, 15) is 0 Å². The number of anilines is 1. The van der Waals surface area contributed by atoms with E-state index in [1.807, 2.05) is 0 Å². The molecule has 6 nitrogen and oxygen atoms in total. The molecule has 1 aliphatic heterocycles. The van der Waals surface area contributed by atoms with Crippen LogP contribution in [0.1, 0.15) is 41.6 Å². The van der Waals surface area contributed by atoms with Gasteiger partial charge in [-0.1, -0.05) is 21.0 Å². The lowest BCUT2D eigenvalue weighted by atomic mass is 9.93. The molecule has 3 heterocycles. The molecule has 0 radical (unpaired) electrons. The maximum Gasteiger partial charge on any atom is 0.147 e. The molecule has 0 amide bonds. The van der Waals surface area contributed by atoms with Crippen LogP contribution in [0.15, 0.2) is 28.9 Å². The van der Waals surface area contributed by atoms with E-state index in [0.717, 1.165) is 66.0 Å². The number of aryl methyl sites for hydroxylation is 4. The van der Waals surface area contributed by atoms with Crippen LogP contribution in [-0.2, 0) is 9.37 Å². The van der Waals surface area contributed by atoms with Gasteiger partial charge >= 0.3 is 0 Å². The third-order valence-electron chi connectivity index (χ3n) is 6.39. The van der Waals surface area contributed by atoms with Crippen molar-refractivity contribution in [1.82, 2.24) is 9.55 Å². The largest absolute Gasteiger partial charge is 0.371 e. The Balaban J connectivity index is 1.64. The van der Waals surface area contributed by atoms with E-state index in [4.69, 9.17) is 10.2 Å². The van der Waals surface area contributed by atoms with Gasteiger partial charge in [0.15, 0.2) is 0 Å². The lowest BCUT2D eigenvalue weighted by molar-refractivity contribution is -0.432. The first-order valence-corrected chi connectivity index (χ1v) is 12.7. The van der Waals surface area contributed by atoms with Crippen molar-refractivity contribution >= 4 is 44.7 Å². The van der Waals surface area contributed by atoms with Crippen LogP contribution in [0, 0.1) is 33.6 Å². The van der Waals surface area contributed by atoms with E-state index in [1.54, 1.807) is 0 Å². The highest BCUT2D eigenvalue weighted by molar-refractivity contribution is 9.10. The number of benzene rings is 1. The molecule has 0 unspecified atom stereocenters. The summed E-state index contributed by atoms with van der Waals surface area (Å²) < 4.78 is 7.87. The van der Waals surface area contributed by atoms with E-state index in [0.29, 0.717) is 5.92 Å². The van der Waals surface area contributed by atoms with Crippen LogP contribution < -0.4 is 4.90 Å². The van der Waals surface area contributed by atoms with E-state index in [-0.39, 0.29) is 0 Å². The summed E-state index contributed by atoms with van der Waals surface area (Å²) >= 11 is 4.77. The molecule has 1 aliphatic rings. The van der Waals surface area contributed by atoms with Gasteiger partial charge in [0.2, 0.25) is 0 Å². The first kappa shape index (κ1) is 23.6. The van der Waals surface area contributed by atoms with Gasteiger partial charge in [-0.15, -0.1) is 4.33 Å². The predicted molar refractivity (Wildman–Crippen MR) is 135 cm³/mol. The summed E-state index contributed by atoms with van der Waals surface area (Å²) in [5.41, 5.74) is 8.29. The number of nitrogens with zero attached hydrogens (tertiary/aromatic N) is 3. The third kappa shape index (κ3) is 4.84. The first-order valence-electron chi connectivity index (χ1n) is 11.0. The van der Waals surface area contributed by atoms with Crippen LogP contribution in [0.3, 0.4) is 0 Å². The van der Waals surface area contributed by atoms with Crippen molar-refractivity contribution in [1.29, 1.82) is 0 Å². The lowest BCUT2D eigenvalue weighted by Crippen LogP contribution is -2.34. The van der Waals surface area contributed by atoms with E-state index >= 15 is 0 Å². The lowest BCUT2D eigenvalue weighted by Gasteiger charge is -2.34. The van der Waals surface area contributed by atoms with Gasteiger partial charge in [-0.05, 0) is 87.8 Å². The average molecular weight is 520 g/mol. The van der Waals surface area contributed by atoms with Gasteiger partial charge in [0.1, 0.15) is 5.65 Å². The van der Waals surface area contributed by atoms with Crippen LogP contribution in [0.5, 0.6) is 0 Å². The highest BCUT2D eigenvalue weighted by atomic mass is 79.9. The molecule has 1 saturated heterocycles. The summed E-state index contributed by atoms with van der Waals surface area (Å²) in [6.07, 6.45) is 5.59. The zero-order chi connectivity index (χ0) is 22.8. The van der Waals surface area contributed by atoms with Gasteiger partial charge in [0.05, 0.1) is 5.69 Å². The summed E-state index contributed by atoms with van der Waals surface area (Å²) in [7, 11) is 0. The second kappa shape index (κ2) is 10.1. The number of hydrogen-bond acceptors (Lipinski definition) is 6. The topological polar surface area (TPSA) is 59.8 Å². The Hall–Kier alpha value is -1.58. The molecule has 2 aromatic heterocycles. The molecule has 32 heavy (non-hydrogen) atoms. The fraction of sp³-hybridized carbons (Fsp3) is 0.458. The molecule has 8 heteroatoms. The van der Waals surface area contributed by atoms with Crippen molar-refractivity contribution in [2.75, 3.05) is 23.7 Å². The minimum Gasteiger partial charge on any atom is -0.371 e. The minimum atomic E-state index is 0.665. The van der Waals surface area contributed by atoms with Crippen molar-refractivity contribution in [2.45, 2.75) is 47.0 Å². The normalized spacial score (nSPS) is 15.1. The van der Waals surface area contributed by atoms with E-state index in [2.05, 4.69) is 86.9 Å². The molecule has 0 aliphatic carbocycles. The summed E-state index contributed by atoms with van der Waals surface area (Å²) in [5, 5.41) is 13.2. The fourth-order valence-electron chi connectivity index (χ4n) is 4.95. The molecule has 172 valence electrons. The number of fused-ring (bicyclic) bond motifs is 1. The molecule has 1 fully saturated rings. The predicted octanol–water partition coefficient (Wildman–Crippen LogP) is 6.70. The molecule has 0 saturated carbocycles. The summed E-state index contributed by atoms with van der Waals surface area (Å²) in [4.78, 5) is 7.50. The third-order valence-corrected chi connectivity index (χ3v) is 7.41. The average Bonchev–Trinajstić information content (AvgIpc) is 3.06. The van der Waals surface area contributed by atoms with Crippen LogP contribution in [0.4, 0.5) is 5.69 Å². The summed E-state index contributed by atoms with van der Waals surface area (Å²) in [6, 6.07) is 6.57. The van der Waals surface area contributed by atoms with Crippen molar-refractivity contribution in [3.63, 3.8) is 0 Å². The fourth-order valence-corrected chi connectivity index (χ4v) is 6.17. The summed E-state index contributed by atoms with van der Waals surface area (Å²) in [5.74, 6) is 1.48. The second-order valence-electron chi connectivity index (χ2n) is 8.74. The maximum atomic E-state index is 8.25.